The smallest absolute Gasteiger partial charge is 0.306 e. The van der Waals surface area contributed by atoms with E-state index in [4.69, 9.17) is 9.47 Å². The molecule has 44 heavy (non-hydrogen) atoms. The summed E-state index contributed by atoms with van der Waals surface area (Å²) in [6.45, 7) is 4.01. The molecule has 0 saturated heterocycles. The number of ether oxygens (including phenoxy) is 2. The standard InChI is InChI=1S/C39H66O5/c1-3-5-7-9-11-13-15-17-19-21-23-25-27-29-31-33-38(41)43-36-37(35-40)44-39(42)34-32-30-28-26-24-22-20-18-16-14-12-10-8-6-4-2/h11-14,17-20,24,26,37,40H,3-10,15-16,21-23,25,27-36H2,1-2H3/t37-/m0/s1. The van der Waals surface area contributed by atoms with E-state index in [-0.39, 0.29) is 25.2 Å². The van der Waals surface area contributed by atoms with E-state index in [0.717, 1.165) is 64.2 Å². The van der Waals surface area contributed by atoms with Crippen LogP contribution in [0.25, 0.3) is 0 Å². The van der Waals surface area contributed by atoms with E-state index in [9.17, 15) is 14.7 Å². The number of carbonyl (C=O) groups excluding carboxylic acids is 2. The van der Waals surface area contributed by atoms with Gasteiger partial charge in [0.25, 0.3) is 0 Å². The highest BCUT2D eigenvalue weighted by Crippen LogP contribution is 2.10. The lowest BCUT2D eigenvalue weighted by molar-refractivity contribution is -0.161. The van der Waals surface area contributed by atoms with E-state index in [0.29, 0.717) is 12.8 Å². The highest BCUT2D eigenvalue weighted by Gasteiger charge is 2.16. The molecule has 0 saturated carbocycles. The second kappa shape index (κ2) is 35.1. The van der Waals surface area contributed by atoms with Gasteiger partial charge in [-0.15, -0.1) is 0 Å². The molecule has 5 heteroatoms. The third kappa shape index (κ3) is 32.5. The summed E-state index contributed by atoms with van der Waals surface area (Å²) < 4.78 is 10.5. The average Bonchev–Trinajstić information content (AvgIpc) is 3.02. The van der Waals surface area contributed by atoms with Gasteiger partial charge in [-0.2, -0.15) is 0 Å². The van der Waals surface area contributed by atoms with E-state index in [2.05, 4.69) is 74.6 Å². The zero-order chi connectivity index (χ0) is 32.2. The number of allylic oxidation sites excluding steroid dienone is 10. The van der Waals surface area contributed by atoms with Crippen molar-refractivity contribution in [2.75, 3.05) is 13.2 Å². The third-order valence-electron chi connectivity index (χ3n) is 7.28. The predicted octanol–water partition coefficient (Wildman–Crippen LogP) is 10.8. The van der Waals surface area contributed by atoms with Crippen molar-refractivity contribution in [3.8, 4) is 0 Å². The molecule has 1 N–H and O–H groups in total. The van der Waals surface area contributed by atoms with Gasteiger partial charge in [-0.25, -0.2) is 0 Å². The van der Waals surface area contributed by atoms with Crippen LogP contribution in [0.1, 0.15) is 155 Å². The molecular formula is C39H66O5. The van der Waals surface area contributed by atoms with Crippen LogP contribution < -0.4 is 0 Å². The van der Waals surface area contributed by atoms with Gasteiger partial charge in [-0.05, 0) is 83.5 Å². The Hall–Kier alpha value is -2.40. The number of hydrogen-bond acceptors (Lipinski definition) is 5. The molecule has 0 unspecified atom stereocenters. The predicted molar refractivity (Wildman–Crippen MR) is 187 cm³/mol. The molecule has 0 aromatic carbocycles. The second-order valence-electron chi connectivity index (χ2n) is 11.6. The highest BCUT2D eigenvalue weighted by atomic mass is 16.6. The summed E-state index contributed by atoms with van der Waals surface area (Å²) in [7, 11) is 0. The van der Waals surface area contributed by atoms with Crippen LogP contribution in [0.5, 0.6) is 0 Å². The van der Waals surface area contributed by atoms with E-state index >= 15 is 0 Å². The molecule has 0 aromatic rings. The van der Waals surface area contributed by atoms with Gasteiger partial charge < -0.3 is 14.6 Å². The van der Waals surface area contributed by atoms with E-state index in [1.54, 1.807) is 0 Å². The monoisotopic (exact) mass is 614 g/mol. The Labute approximate surface area is 271 Å². The van der Waals surface area contributed by atoms with Gasteiger partial charge in [-0.3, -0.25) is 9.59 Å². The number of esters is 2. The minimum atomic E-state index is -0.797. The summed E-state index contributed by atoms with van der Waals surface area (Å²) in [5, 5.41) is 9.51. The minimum Gasteiger partial charge on any atom is -0.462 e. The Bertz CT molecular complexity index is 792. The van der Waals surface area contributed by atoms with Crippen LogP contribution in [0.4, 0.5) is 0 Å². The lowest BCUT2D eigenvalue weighted by Crippen LogP contribution is -2.28. The highest BCUT2D eigenvalue weighted by molar-refractivity contribution is 5.70. The van der Waals surface area contributed by atoms with Crippen molar-refractivity contribution in [2.45, 2.75) is 161 Å². The molecule has 0 fully saturated rings. The largest absolute Gasteiger partial charge is 0.462 e. The molecule has 0 aromatic heterocycles. The maximum Gasteiger partial charge on any atom is 0.306 e. The van der Waals surface area contributed by atoms with Crippen molar-refractivity contribution < 1.29 is 24.2 Å². The van der Waals surface area contributed by atoms with Crippen molar-refractivity contribution in [1.82, 2.24) is 0 Å². The molecule has 0 aliphatic rings. The third-order valence-corrected chi connectivity index (χ3v) is 7.28. The van der Waals surface area contributed by atoms with Crippen LogP contribution >= 0.6 is 0 Å². The Morgan fingerprint density at radius 1 is 0.523 bits per heavy atom. The Morgan fingerprint density at radius 2 is 0.909 bits per heavy atom. The quantitative estimate of drug-likeness (QED) is 0.0478. The lowest BCUT2D eigenvalue weighted by Gasteiger charge is -2.15. The normalized spacial score (nSPS) is 12.9. The van der Waals surface area contributed by atoms with Crippen molar-refractivity contribution >= 4 is 11.9 Å². The minimum absolute atomic E-state index is 0.0910. The number of aliphatic hydroxyl groups is 1. The van der Waals surface area contributed by atoms with Crippen LogP contribution in [0, 0.1) is 0 Å². The van der Waals surface area contributed by atoms with Crippen molar-refractivity contribution in [2.24, 2.45) is 0 Å². The lowest BCUT2D eigenvalue weighted by atomic mass is 10.1. The molecule has 1 atom stereocenters. The summed E-state index contributed by atoms with van der Waals surface area (Å²) in [5.74, 6) is -0.658. The van der Waals surface area contributed by atoms with E-state index < -0.39 is 6.10 Å². The summed E-state index contributed by atoms with van der Waals surface area (Å²) in [5.41, 5.74) is 0. The molecule has 0 amide bonds. The molecule has 0 radical (unpaired) electrons. The zero-order valence-corrected chi connectivity index (χ0v) is 28.4. The van der Waals surface area contributed by atoms with Crippen molar-refractivity contribution in [3.05, 3.63) is 60.8 Å². The maximum atomic E-state index is 12.1. The van der Waals surface area contributed by atoms with Crippen LogP contribution in [0.2, 0.25) is 0 Å². The van der Waals surface area contributed by atoms with Gasteiger partial charge in [0.05, 0.1) is 6.61 Å². The molecule has 0 rings (SSSR count). The molecule has 5 nitrogen and oxygen atoms in total. The van der Waals surface area contributed by atoms with Gasteiger partial charge in [0.2, 0.25) is 0 Å². The number of rotatable bonds is 31. The first-order valence-corrected chi connectivity index (χ1v) is 17.8. The molecule has 0 spiro atoms. The van der Waals surface area contributed by atoms with Crippen LogP contribution in [-0.2, 0) is 19.1 Å². The first-order valence-electron chi connectivity index (χ1n) is 17.8. The fraction of sp³-hybridized carbons (Fsp3) is 0.692. The molecule has 0 aliphatic heterocycles. The Morgan fingerprint density at radius 3 is 1.41 bits per heavy atom. The van der Waals surface area contributed by atoms with Crippen molar-refractivity contribution in [1.29, 1.82) is 0 Å². The van der Waals surface area contributed by atoms with Crippen LogP contribution in [-0.4, -0.2) is 36.4 Å². The number of unbranched alkanes of at least 4 members (excludes halogenated alkanes) is 13. The summed E-state index contributed by atoms with van der Waals surface area (Å²) in [4.78, 5) is 24.1. The number of aliphatic hydroxyl groups excluding tert-OH is 1. The van der Waals surface area contributed by atoms with Crippen molar-refractivity contribution in [3.63, 3.8) is 0 Å². The molecule has 0 bridgehead atoms. The zero-order valence-electron chi connectivity index (χ0n) is 28.4. The van der Waals surface area contributed by atoms with Gasteiger partial charge in [0.1, 0.15) is 6.61 Å². The Kier molecular flexibility index (Phi) is 33.2. The molecular weight excluding hydrogens is 548 g/mol. The van der Waals surface area contributed by atoms with Crippen LogP contribution in [0.15, 0.2) is 60.8 Å². The van der Waals surface area contributed by atoms with Crippen LogP contribution in [0.3, 0.4) is 0 Å². The topological polar surface area (TPSA) is 72.8 Å². The summed E-state index contributed by atoms with van der Waals surface area (Å²) >= 11 is 0. The first-order chi connectivity index (χ1) is 21.6. The van der Waals surface area contributed by atoms with Gasteiger partial charge in [0, 0.05) is 12.8 Å². The number of carbonyl (C=O) groups is 2. The summed E-state index contributed by atoms with van der Waals surface area (Å²) in [6, 6.07) is 0. The summed E-state index contributed by atoms with van der Waals surface area (Å²) in [6.07, 6.45) is 44.1. The van der Waals surface area contributed by atoms with Gasteiger partial charge in [0.15, 0.2) is 6.10 Å². The SMILES string of the molecule is CCCCCC=CCC=CCC=CCCCCC(=O)O[C@@H](CO)COC(=O)CCCCCCCC=CCC=CCCCCC. The number of hydrogen-bond donors (Lipinski definition) is 1. The fourth-order valence-electron chi connectivity index (χ4n) is 4.53. The van der Waals surface area contributed by atoms with Gasteiger partial charge >= 0.3 is 11.9 Å². The van der Waals surface area contributed by atoms with E-state index in [1.807, 2.05) is 0 Å². The Balaban J connectivity index is 3.70. The molecule has 252 valence electrons. The first kappa shape index (κ1) is 41.6. The van der Waals surface area contributed by atoms with E-state index in [1.165, 1.54) is 64.2 Å². The fourth-order valence-corrected chi connectivity index (χ4v) is 4.53. The maximum absolute atomic E-state index is 12.1. The molecule has 0 aliphatic carbocycles. The molecule has 0 heterocycles. The van der Waals surface area contributed by atoms with Gasteiger partial charge in [-0.1, -0.05) is 120 Å². The average molecular weight is 615 g/mol. The second-order valence-corrected chi connectivity index (χ2v) is 11.6.